The molecule has 4 nitrogen and oxygen atoms in total. The zero-order valence-electron chi connectivity index (χ0n) is 13.7. The SMILES string of the molecule is O=C(CSc1ccccc1Cl)N1CCC(C(=O)N2CCCC2)CC1. The predicted octanol–water partition coefficient (Wildman–Crippen LogP) is 3.29. The zero-order chi connectivity index (χ0) is 16.9. The molecule has 3 rings (SSSR count). The van der Waals surface area contributed by atoms with E-state index in [0.717, 1.165) is 43.7 Å². The van der Waals surface area contributed by atoms with Crippen LogP contribution in [0, 0.1) is 5.92 Å². The van der Waals surface area contributed by atoms with E-state index in [1.165, 1.54) is 11.8 Å². The van der Waals surface area contributed by atoms with Crippen LogP contribution in [0.1, 0.15) is 25.7 Å². The minimum Gasteiger partial charge on any atom is -0.342 e. The van der Waals surface area contributed by atoms with Gasteiger partial charge in [0, 0.05) is 37.0 Å². The first-order valence-corrected chi connectivity index (χ1v) is 9.95. The summed E-state index contributed by atoms with van der Waals surface area (Å²) in [7, 11) is 0. The van der Waals surface area contributed by atoms with Gasteiger partial charge in [-0.15, -0.1) is 11.8 Å². The van der Waals surface area contributed by atoms with Gasteiger partial charge in [0.15, 0.2) is 0 Å². The molecule has 0 radical (unpaired) electrons. The number of likely N-dealkylation sites (tertiary alicyclic amines) is 2. The molecule has 2 heterocycles. The van der Waals surface area contributed by atoms with Crippen molar-refractivity contribution in [3.05, 3.63) is 29.3 Å². The second kappa shape index (κ2) is 8.26. The fraction of sp³-hybridized carbons (Fsp3) is 0.556. The van der Waals surface area contributed by atoms with Gasteiger partial charge in [0.05, 0.1) is 10.8 Å². The summed E-state index contributed by atoms with van der Waals surface area (Å²) in [5, 5.41) is 0.685. The number of hydrogen-bond acceptors (Lipinski definition) is 3. The fourth-order valence-electron chi connectivity index (χ4n) is 3.36. The number of benzene rings is 1. The minimum absolute atomic E-state index is 0.100. The van der Waals surface area contributed by atoms with Crippen molar-refractivity contribution in [1.29, 1.82) is 0 Å². The van der Waals surface area contributed by atoms with Crippen LogP contribution in [0.15, 0.2) is 29.2 Å². The molecule has 6 heteroatoms. The number of piperidine rings is 1. The first-order valence-electron chi connectivity index (χ1n) is 8.59. The molecule has 0 atom stereocenters. The Morgan fingerprint density at radius 2 is 1.71 bits per heavy atom. The lowest BCUT2D eigenvalue weighted by Crippen LogP contribution is -2.44. The summed E-state index contributed by atoms with van der Waals surface area (Å²) in [5.41, 5.74) is 0. The van der Waals surface area contributed by atoms with Gasteiger partial charge in [-0.25, -0.2) is 0 Å². The van der Waals surface area contributed by atoms with E-state index in [1.54, 1.807) is 0 Å². The van der Waals surface area contributed by atoms with E-state index in [4.69, 9.17) is 11.6 Å². The summed E-state index contributed by atoms with van der Waals surface area (Å²) in [5.74, 6) is 0.925. The number of hydrogen-bond donors (Lipinski definition) is 0. The molecule has 0 bridgehead atoms. The minimum atomic E-state index is 0.100. The van der Waals surface area contributed by atoms with Gasteiger partial charge in [-0.2, -0.15) is 0 Å². The van der Waals surface area contributed by atoms with Gasteiger partial charge < -0.3 is 9.80 Å². The number of halogens is 1. The zero-order valence-corrected chi connectivity index (χ0v) is 15.3. The lowest BCUT2D eigenvalue weighted by molar-refractivity contribution is -0.139. The molecule has 2 aliphatic rings. The standard InChI is InChI=1S/C18H23ClN2O2S/c19-15-5-1-2-6-16(15)24-13-17(22)20-11-7-14(8-12-20)18(23)21-9-3-4-10-21/h1-2,5-6,14H,3-4,7-13H2. The first kappa shape index (κ1) is 17.6. The second-order valence-electron chi connectivity index (χ2n) is 6.41. The van der Waals surface area contributed by atoms with Crippen molar-refractivity contribution in [2.75, 3.05) is 31.9 Å². The number of carbonyl (C=O) groups is 2. The Morgan fingerprint density at radius 3 is 2.38 bits per heavy atom. The maximum Gasteiger partial charge on any atom is 0.232 e. The van der Waals surface area contributed by atoms with Crippen molar-refractivity contribution in [2.45, 2.75) is 30.6 Å². The molecule has 2 amide bonds. The van der Waals surface area contributed by atoms with E-state index >= 15 is 0 Å². The van der Waals surface area contributed by atoms with Crippen molar-refractivity contribution in [3.8, 4) is 0 Å². The Labute approximate surface area is 152 Å². The van der Waals surface area contributed by atoms with E-state index < -0.39 is 0 Å². The molecule has 0 spiro atoms. The summed E-state index contributed by atoms with van der Waals surface area (Å²) in [6.07, 6.45) is 3.83. The third-order valence-electron chi connectivity index (χ3n) is 4.80. The van der Waals surface area contributed by atoms with E-state index in [2.05, 4.69) is 0 Å². The lowest BCUT2D eigenvalue weighted by Gasteiger charge is -2.33. The van der Waals surface area contributed by atoms with Crippen LogP contribution in [0.5, 0.6) is 0 Å². The van der Waals surface area contributed by atoms with E-state index in [9.17, 15) is 9.59 Å². The van der Waals surface area contributed by atoms with Gasteiger partial charge >= 0.3 is 0 Å². The number of thioether (sulfide) groups is 1. The number of nitrogens with zero attached hydrogens (tertiary/aromatic N) is 2. The van der Waals surface area contributed by atoms with Crippen LogP contribution in [0.3, 0.4) is 0 Å². The van der Waals surface area contributed by atoms with Crippen LogP contribution >= 0.6 is 23.4 Å². The van der Waals surface area contributed by atoms with E-state index in [-0.39, 0.29) is 11.8 Å². The van der Waals surface area contributed by atoms with Crippen LogP contribution < -0.4 is 0 Å². The summed E-state index contributed by atoms with van der Waals surface area (Å²) >= 11 is 7.60. The molecular weight excluding hydrogens is 344 g/mol. The highest BCUT2D eigenvalue weighted by molar-refractivity contribution is 8.00. The molecule has 0 saturated carbocycles. The van der Waals surface area contributed by atoms with Crippen molar-refractivity contribution in [1.82, 2.24) is 9.80 Å². The smallest absolute Gasteiger partial charge is 0.232 e. The van der Waals surface area contributed by atoms with Crippen molar-refractivity contribution in [2.24, 2.45) is 5.92 Å². The molecule has 2 fully saturated rings. The molecular formula is C18H23ClN2O2S. The van der Waals surface area contributed by atoms with Gasteiger partial charge in [-0.3, -0.25) is 9.59 Å². The van der Waals surface area contributed by atoms with Gasteiger partial charge in [0.2, 0.25) is 11.8 Å². The van der Waals surface area contributed by atoms with Gasteiger partial charge in [0.1, 0.15) is 0 Å². The first-order chi connectivity index (χ1) is 11.6. The van der Waals surface area contributed by atoms with Crippen LogP contribution in [0.4, 0.5) is 0 Å². The van der Waals surface area contributed by atoms with Crippen LogP contribution in [0.2, 0.25) is 5.02 Å². The Kier molecular flexibility index (Phi) is 6.06. The topological polar surface area (TPSA) is 40.6 Å². The maximum atomic E-state index is 12.4. The average Bonchev–Trinajstić information content (AvgIpc) is 3.15. The molecule has 2 saturated heterocycles. The van der Waals surface area contributed by atoms with E-state index in [0.29, 0.717) is 29.8 Å². The van der Waals surface area contributed by atoms with Crippen molar-refractivity contribution in [3.63, 3.8) is 0 Å². The molecule has 0 unspecified atom stereocenters. The van der Waals surface area contributed by atoms with Crippen molar-refractivity contribution >= 4 is 35.2 Å². The Hall–Kier alpha value is -1.20. The highest BCUT2D eigenvalue weighted by Gasteiger charge is 2.31. The number of carbonyl (C=O) groups excluding carboxylic acids is 2. The third kappa shape index (κ3) is 4.25. The predicted molar refractivity (Wildman–Crippen MR) is 97.3 cm³/mol. The number of rotatable bonds is 4. The molecule has 1 aromatic rings. The monoisotopic (exact) mass is 366 g/mol. The summed E-state index contributed by atoms with van der Waals surface area (Å²) in [6, 6.07) is 7.58. The second-order valence-corrected chi connectivity index (χ2v) is 7.83. The Balaban J connectivity index is 1.45. The summed E-state index contributed by atoms with van der Waals surface area (Å²) in [4.78, 5) is 29.6. The molecule has 24 heavy (non-hydrogen) atoms. The van der Waals surface area contributed by atoms with Crippen LogP contribution in [0.25, 0.3) is 0 Å². The molecule has 130 valence electrons. The van der Waals surface area contributed by atoms with Crippen LogP contribution in [-0.2, 0) is 9.59 Å². The molecule has 0 N–H and O–H groups in total. The van der Waals surface area contributed by atoms with Gasteiger partial charge in [-0.05, 0) is 37.8 Å². The molecule has 0 aliphatic carbocycles. The maximum absolute atomic E-state index is 12.4. The van der Waals surface area contributed by atoms with Gasteiger partial charge in [0.25, 0.3) is 0 Å². The Bertz CT molecular complexity index is 596. The molecule has 2 aliphatic heterocycles. The van der Waals surface area contributed by atoms with Gasteiger partial charge in [-0.1, -0.05) is 23.7 Å². The quantitative estimate of drug-likeness (QED) is 0.768. The van der Waals surface area contributed by atoms with Crippen LogP contribution in [-0.4, -0.2) is 53.5 Å². The summed E-state index contributed by atoms with van der Waals surface area (Å²) < 4.78 is 0. The third-order valence-corrected chi connectivity index (χ3v) is 6.30. The average molecular weight is 367 g/mol. The van der Waals surface area contributed by atoms with Crippen molar-refractivity contribution < 1.29 is 9.59 Å². The Morgan fingerprint density at radius 1 is 1.04 bits per heavy atom. The fourth-order valence-corrected chi connectivity index (χ4v) is 4.51. The van der Waals surface area contributed by atoms with E-state index in [1.807, 2.05) is 34.1 Å². The summed E-state index contributed by atoms with van der Waals surface area (Å²) in [6.45, 7) is 3.19. The normalized spacial score (nSPS) is 18.9. The lowest BCUT2D eigenvalue weighted by atomic mass is 9.95. The highest BCUT2D eigenvalue weighted by atomic mass is 35.5. The molecule has 0 aromatic heterocycles. The largest absolute Gasteiger partial charge is 0.342 e. The number of amides is 2. The molecule has 1 aromatic carbocycles. The highest BCUT2D eigenvalue weighted by Crippen LogP contribution is 2.28.